The van der Waals surface area contributed by atoms with Crippen molar-refractivity contribution in [1.82, 2.24) is 9.62 Å². The number of hydrogen-bond acceptors (Lipinski definition) is 5. The quantitative estimate of drug-likeness (QED) is 0.588. The Balaban J connectivity index is 1.37. The molecule has 1 aliphatic carbocycles. The second kappa shape index (κ2) is 9.55. The van der Waals surface area contributed by atoms with Gasteiger partial charge in [-0.05, 0) is 75.0 Å². The van der Waals surface area contributed by atoms with Crippen molar-refractivity contribution in [2.45, 2.75) is 70.8 Å². The molecule has 1 saturated carbocycles. The zero-order valence-electron chi connectivity index (χ0n) is 19.6. The van der Waals surface area contributed by atoms with Gasteiger partial charge in [0.25, 0.3) is 5.91 Å². The van der Waals surface area contributed by atoms with Crippen molar-refractivity contribution in [2.24, 2.45) is 16.8 Å². The van der Waals surface area contributed by atoms with Crippen molar-refractivity contribution >= 4 is 39.1 Å². The molecule has 7 nitrogen and oxygen atoms in total. The maximum atomic E-state index is 13.0. The van der Waals surface area contributed by atoms with Crippen LogP contribution < -0.4 is 11.1 Å². The average molecular weight is 495 g/mol. The summed E-state index contributed by atoms with van der Waals surface area (Å²) in [6.45, 7) is 4.73. The van der Waals surface area contributed by atoms with Crippen LogP contribution in [-0.4, -0.2) is 48.8 Å². The van der Waals surface area contributed by atoms with Crippen LogP contribution in [0.3, 0.4) is 0 Å². The summed E-state index contributed by atoms with van der Waals surface area (Å²) in [4.78, 5) is 17.8. The molecule has 1 aromatic carbocycles. The molecule has 2 aliphatic heterocycles. The van der Waals surface area contributed by atoms with Crippen molar-refractivity contribution in [1.29, 1.82) is 0 Å². The first-order valence-electron chi connectivity index (χ1n) is 12.1. The molecule has 0 atom stereocenters. The summed E-state index contributed by atoms with van der Waals surface area (Å²) in [5.74, 6) is 1.89. The zero-order valence-corrected chi connectivity index (χ0v) is 21.1. The first kappa shape index (κ1) is 24.5. The minimum Gasteiger partial charge on any atom is -0.398 e. The molecule has 1 amide bonds. The number of sulfonamides is 1. The van der Waals surface area contributed by atoms with E-state index in [1.54, 1.807) is 6.07 Å². The van der Waals surface area contributed by atoms with Crippen LogP contribution in [-0.2, 0) is 21.2 Å². The SMILES string of the molecule is CC[C@H]1CC[C@H](C2=NC3(CCN(S(=O)(=O)CCc4ccc(N)c(Cl)c4C)CC3)C(=O)N2)CC1. The molecule has 0 radical (unpaired) electrons. The van der Waals surface area contributed by atoms with Crippen LogP contribution in [0, 0.1) is 18.8 Å². The van der Waals surface area contributed by atoms with Gasteiger partial charge in [0.05, 0.1) is 16.5 Å². The first-order valence-corrected chi connectivity index (χ1v) is 14.1. The molecule has 1 saturated heterocycles. The number of amidine groups is 1. The Morgan fingerprint density at radius 3 is 2.52 bits per heavy atom. The van der Waals surface area contributed by atoms with Gasteiger partial charge in [-0.1, -0.05) is 31.0 Å². The number of carbonyl (C=O) groups is 1. The summed E-state index contributed by atoms with van der Waals surface area (Å²) in [7, 11) is -3.45. The number of aryl methyl sites for hydroxylation is 1. The largest absolute Gasteiger partial charge is 0.398 e. The molecule has 0 aromatic heterocycles. The minimum absolute atomic E-state index is 0.00245. The number of benzene rings is 1. The summed E-state index contributed by atoms with van der Waals surface area (Å²) in [6, 6.07) is 3.55. The Morgan fingerprint density at radius 2 is 1.88 bits per heavy atom. The highest BCUT2D eigenvalue weighted by molar-refractivity contribution is 7.89. The molecule has 1 spiro atoms. The van der Waals surface area contributed by atoms with Crippen LogP contribution in [0.15, 0.2) is 17.1 Å². The molecule has 2 fully saturated rings. The van der Waals surface area contributed by atoms with Crippen LogP contribution >= 0.6 is 11.6 Å². The number of halogens is 1. The highest BCUT2D eigenvalue weighted by Crippen LogP contribution is 2.36. The smallest absolute Gasteiger partial charge is 0.253 e. The van der Waals surface area contributed by atoms with Gasteiger partial charge in [0.2, 0.25) is 10.0 Å². The number of amides is 1. The normalized spacial score (nSPS) is 25.8. The molecule has 182 valence electrons. The number of nitrogen functional groups attached to an aromatic ring is 1. The highest BCUT2D eigenvalue weighted by Gasteiger charge is 2.48. The monoisotopic (exact) mass is 494 g/mol. The number of anilines is 1. The molecule has 0 unspecified atom stereocenters. The number of nitrogens with one attached hydrogen (secondary N) is 1. The third-order valence-electron chi connectivity index (χ3n) is 7.91. The maximum Gasteiger partial charge on any atom is 0.253 e. The molecule has 4 rings (SSSR count). The van der Waals surface area contributed by atoms with Crippen molar-refractivity contribution in [3.8, 4) is 0 Å². The van der Waals surface area contributed by atoms with Gasteiger partial charge >= 0.3 is 0 Å². The van der Waals surface area contributed by atoms with Crippen LogP contribution in [0.2, 0.25) is 5.02 Å². The fourth-order valence-corrected chi connectivity index (χ4v) is 7.10. The zero-order chi connectivity index (χ0) is 23.8. The van der Waals surface area contributed by atoms with Crippen LogP contribution in [0.1, 0.15) is 63.0 Å². The molecule has 0 bridgehead atoms. The lowest BCUT2D eigenvalue weighted by Gasteiger charge is -2.34. The van der Waals surface area contributed by atoms with E-state index in [1.165, 1.54) is 23.6 Å². The fraction of sp³-hybridized carbons (Fsp3) is 0.667. The fourth-order valence-electron chi connectivity index (χ4n) is 5.44. The Kier molecular flexibility index (Phi) is 7.08. The molecule has 9 heteroatoms. The summed E-state index contributed by atoms with van der Waals surface area (Å²) in [6.07, 6.45) is 6.97. The van der Waals surface area contributed by atoms with E-state index >= 15 is 0 Å². The summed E-state index contributed by atoms with van der Waals surface area (Å²) in [5.41, 5.74) is 7.22. The lowest BCUT2D eigenvalue weighted by atomic mass is 9.80. The van der Waals surface area contributed by atoms with E-state index in [9.17, 15) is 13.2 Å². The Morgan fingerprint density at radius 1 is 1.21 bits per heavy atom. The van der Waals surface area contributed by atoms with Gasteiger partial charge in [-0.25, -0.2) is 12.7 Å². The topological polar surface area (TPSA) is 105 Å². The third-order valence-corrected chi connectivity index (χ3v) is 10.3. The first-order chi connectivity index (χ1) is 15.6. The average Bonchev–Trinajstić information content (AvgIpc) is 3.12. The van der Waals surface area contributed by atoms with Crippen LogP contribution in [0.5, 0.6) is 0 Å². The van der Waals surface area contributed by atoms with E-state index in [4.69, 9.17) is 22.3 Å². The summed E-state index contributed by atoms with van der Waals surface area (Å²) in [5, 5.41) is 3.53. The number of piperidine rings is 1. The standard InChI is InChI=1S/C24H35ClN4O3S/c1-3-17-4-6-19(7-5-17)22-27-23(30)24(28-22)11-13-29(14-12-24)33(31,32)15-10-18-8-9-20(26)21(25)16(18)2/h8-9,17,19H,3-7,10-15,26H2,1-2H3,(H,27,28,30)/t17-,19-. The minimum atomic E-state index is -3.45. The lowest BCUT2D eigenvalue weighted by molar-refractivity contribution is -0.125. The van der Waals surface area contributed by atoms with Crippen LogP contribution in [0.4, 0.5) is 5.69 Å². The number of nitrogens with two attached hydrogens (primary N) is 1. The number of hydrogen-bond donors (Lipinski definition) is 2. The van der Waals surface area contributed by atoms with Gasteiger partial charge < -0.3 is 11.1 Å². The van der Waals surface area contributed by atoms with E-state index < -0.39 is 15.6 Å². The number of rotatable bonds is 6. The molecular weight excluding hydrogens is 460 g/mol. The molecule has 3 aliphatic rings. The van der Waals surface area contributed by atoms with Crippen molar-refractivity contribution < 1.29 is 13.2 Å². The molecule has 33 heavy (non-hydrogen) atoms. The van der Waals surface area contributed by atoms with Crippen molar-refractivity contribution in [3.63, 3.8) is 0 Å². The number of carbonyl (C=O) groups excluding carboxylic acids is 1. The Hall–Kier alpha value is -1.64. The summed E-state index contributed by atoms with van der Waals surface area (Å²) < 4.78 is 27.5. The molecule has 2 heterocycles. The van der Waals surface area contributed by atoms with Gasteiger partial charge in [-0.3, -0.25) is 9.79 Å². The van der Waals surface area contributed by atoms with Gasteiger partial charge in [0.15, 0.2) is 0 Å². The van der Waals surface area contributed by atoms with E-state index in [-0.39, 0.29) is 11.7 Å². The third kappa shape index (κ3) is 4.93. The number of nitrogens with zero attached hydrogens (tertiary/aromatic N) is 2. The van der Waals surface area contributed by atoms with Crippen molar-refractivity contribution in [2.75, 3.05) is 24.6 Å². The second-order valence-electron chi connectivity index (χ2n) is 9.83. The van der Waals surface area contributed by atoms with Gasteiger partial charge in [0.1, 0.15) is 11.4 Å². The van der Waals surface area contributed by atoms with E-state index in [1.807, 2.05) is 13.0 Å². The van der Waals surface area contributed by atoms with Gasteiger partial charge in [-0.2, -0.15) is 0 Å². The van der Waals surface area contributed by atoms with Crippen molar-refractivity contribution in [3.05, 3.63) is 28.3 Å². The predicted octanol–water partition coefficient (Wildman–Crippen LogP) is 3.68. The molecular formula is C24H35ClN4O3S. The number of aliphatic imine (C=N–C) groups is 1. The van der Waals surface area contributed by atoms with E-state index in [0.717, 1.165) is 35.7 Å². The van der Waals surface area contributed by atoms with Gasteiger partial charge in [-0.15, -0.1) is 0 Å². The van der Waals surface area contributed by atoms with Gasteiger partial charge in [0, 0.05) is 19.0 Å². The predicted molar refractivity (Wildman–Crippen MR) is 133 cm³/mol. The van der Waals surface area contributed by atoms with E-state index in [0.29, 0.717) is 49.0 Å². The second-order valence-corrected chi connectivity index (χ2v) is 12.3. The highest BCUT2D eigenvalue weighted by atomic mass is 35.5. The Bertz CT molecular complexity index is 1040. The molecule has 3 N–H and O–H groups in total. The molecule has 1 aromatic rings. The van der Waals surface area contributed by atoms with Crippen LogP contribution in [0.25, 0.3) is 0 Å². The lowest BCUT2D eigenvalue weighted by Crippen LogP contribution is -2.51. The maximum absolute atomic E-state index is 13.0. The Labute approximate surface area is 202 Å². The van der Waals surface area contributed by atoms with E-state index in [2.05, 4.69) is 12.2 Å². The summed E-state index contributed by atoms with van der Waals surface area (Å²) >= 11 is 6.21.